The van der Waals surface area contributed by atoms with Crippen molar-refractivity contribution in [1.29, 1.82) is 0 Å². The maximum absolute atomic E-state index is 11.4. The molecule has 146 valence electrons. The summed E-state index contributed by atoms with van der Waals surface area (Å²) in [5.41, 5.74) is 5.96. The van der Waals surface area contributed by atoms with Gasteiger partial charge in [-0.1, -0.05) is 52.0 Å². The summed E-state index contributed by atoms with van der Waals surface area (Å²) in [6.45, 7) is 11.6. The van der Waals surface area contributed by atoms with Gasteiger partial charge < -0.3 is 4.74 Å². The number of carbonyl (C=O) groups excluding carboxylic acids is 1. The van der Waals surface area contributed by atoms with E-state index < -0.39 is 0 Å². The summed E-state index contributed by atoms with van der Waals surface area (Å²) in [4.78, 5) is 11.4. The maximum Gasteiger partial charge on any atom is 0.306 e. The molecule has 0 aromatic heterocycles. The first-order valence-electron chi connectivity index (χ1n) is 9.40. The summed E-state index contributed by atoms with van der Waals surface area (Å²) in [6, 6.07) is 0. The fourth-order valence-corrected chi connectivity index (χ4v) is 2.59. The summed E-state index contributed by atoms with van der Waals surface area (Å²) < 4.78 is 4.75. The van der Waals surface area contributed by atoms with E-state index in [4.69, 9.17) is 4.74 Å². The number of hydrazine groups is 1. The molecule has 0 bridgehead atoms. The maximum atomic E-state index is 11.4. The highest BCUT2D eigenvalue weighted by Crippen LogP contribution is 2.22. The van der Waals surface area contributed by atoms with Gasteiger partial charge in [0.1, 0.15) is 0 Å². The average molecular weight is 362 g/mol. The number of hydrazone groups is 1. The molecule has 5 nitrogen and oxygen atoms in total. The third-order valence-electron chi connectivity index (χ3n) is 4.07. The lowest BCUT2D eigenvalue weighted by Gasteiger charge is -2.28. The van der Waals surface area contributed by atoms with Crippen molar-refractivity contribution >= 4 is 12.2 Å². The third-order valence-corrected chi connectivity index (χ3v) is 4.07. The van der Waals surface area contributed by atoms with Crippen molar-refractivity contribution in [2.75, 3.05) is 13.7 Å². The van der Waals surface area contributed by atoms with Gasteiger partial charge in [0.25, 0.3) is 0 Å². The Hall–Kier alpha value is -1.88. The molecule has 0 saturated carbocycles. The van der Waals surface area contributed by atoms with E-state index in [1.54, 1.807) is 0 Å². The fraction of sp³-hybridized carbons (Fsp3) is 0.619. The molecule has 1 heterocycles. The van der Waals surface area contributed by atoms with E-state index in [0.717, 1.165) is 37.1 Å². The van der Waals surface area contributed by atoms with Crippen LogP contribution in [0.1, 0.15) is 60.3 Å². The van der Waals surface area contributed by atoms with Gasteiger partial charge in [0, 0.05) is 13.0 Å². The summed E-state index contributed by atoms with van der Waals surface area (Å²) in [7, 11) is 1.42. The van der Waals surface area contributed by atoms with Crippen LogP contribution in [0.3, 0.4) is 0 Å². The van der Waals surface area contributed by atoms with E-state index >= 15 is 0 Å². The number of rotatable bonds is 8. The number of allylic oxidation sites excluding steroid dienone is 5. The van der Waals surface area contributed by atoms with Crippen LogP contribution in [0, 0.1) is 11.3 Å². The Labute approximate surface area is 158 Å². The van der Waals surface area contributed by atoms with Crippen LogP contribution in [-0.4, -0.2) is 31.0 Å². The van der Waals surface area contributed by atoms with Crippen LogP contribution in [0.25, 0.3) is 0 Å². The first-order chi connectivity index (χ1) is 12.2. The zero-order chi connectivity index (χ0) is 19.6. The minimum atomic E-state index is -0.184. The Morgan fingerprint density at radius 1 is 1.46 bits per heavy atom. The fourth-order valence-electron chi connectivity index (χ4n) is 2.59. The van der Waals surface area contributed by atoms with E-state index in [1.165, 1.54) is 7.11 Å². The highest BCUT2D eigenvalue weighted by molar-refractivity contribution is 5.80. The molecule has 1 aliphatic rings. The lowest BCUT2D eigenvalue weighted by Crippen LogP contribution is -2.37. The van der Waals surface area contributed by atoms with E-state index in [9.17, 15) is 4.79 Å². The van der Waals surface area contributed by atoms with E-state index in [-0.39, 0.29) is 17.3 Å². The molecule has 1 atom stereocenters. The smallest absolute Gasteiger partial charge is 0.306 e. The van der Waals surface area contributed by atoms with Crippen LogP contribution in [-0.2, 0) is 9.53 Å². The first kappa shape index (κ1) is 22.2. The number of methoxy groups -OCH3 is 1. The van der Waals surface area contributed by atoms with Crippen molar-refractivity contribution in [3.63, 3.8) is 0 Å². The van der Waals surface area contributed by atoms with E-state index in [0.29, 0.717) is 6.42 Å². The molecule has 0 spiro atoms. The average Bonchev–Trinajstić information content (AvgIpc) is 2.55. The van der Waals surface area contributed by atoms with Crippen molar-refractivity contribution in [2.45, 2.75) is 60.3 Å². The molecule has 0 radical (unpaired) electrons. The van der Waals surface area contributed by atoms with Crippen molar-refractivity contribution in [1.82, 2.24) is 10.5 Å². The third kappa shape index (κ3) is 8.99. The highest BCUT2D eigenvalue weighted by atomic mass is 16.5. The predicted molar refractivity (Wildman–Crippen MR) is 108 cm³/mol. The molecular formula is C21H35N3O2. The van der Waals surface area contributed by atoms with Gasteiger partial charge >= 0.3 is 5.97 Å². The molecule has 0 aromatic carbocycles. The molecule has 0 saturated heterocycles. The molecule has 0 aromatic rings. The molecule has 0 amide bonds. The number of nitrogens with zero attached hydrogens (tertiary/aromatic N) is 2. The molecule has 0 aliphatic carbocycles. The van der Waals surface area contributed by atoms with Gasteiger partial charge in [-0.25, -0.2) is 10.5 Å². The molecule has 1 unspecified atom stereocenters. The van der Waals surface area contributed by atoms with Crippen LogP contribution in [0.15, 0.2) is 40.7 Å². The monoisotopic (exact) mass is 361 g/mol. The zero-order valence-electron chi connectivity index (χ0n) is 17.2. The molecular weight excluding hydrogens is 326 g/mol. The first-order valence-corrected chi connectivity index (χ1v) is 9.40. The summed E-state index contributed by atoms with van der Waals surface area (Å²) >= 11 is 0. The standard InChI is InChI=1S/C21H35N3O2/c1-7-8-9-10-19-15-18(13-17(2)14-20(25)26-6)16-23-24(19)22-12-11-21(3,4)5/h7-8,10,13,16-17,22H,9,11-12,14-15H2,1-6H3/b8-7-,18-13?,19-10+. The summed E-state index contributed by atoms with van der Waals surface area (Å²) in [5, 5.41) is 6.45. The van der Waals surface area contributed by atoms with Gasteiger partial charge in [-0.2, -0.15) is 5.10 Å². The quantitative estimate of drug-likeness (QED) is 0.507. The van der Waals surface area contributed by atoms with Crippen molar-refractivity contribution in [3.05, 3.63) is 35.6 Å². The van der Waals surface area contributed by atoms with Crippen LogP contribution >= 0.6 is 0 Å². The number of carbonyl (C=O) groups is 1. The molecule has 1 rings (SSSR count). The molecule has 0 fully saturated rings. The van der Waals surface area contributed by atoms with Crippen LogP contribution in [0.5, 0.6) is 0 Å². The summed E-state index contributed by atoms with van der Waals surface area (Å²) in [6.07, 6.45) is 13.5. The van der Waals surface area contributed by atoms with E-state index in [2.05, 4.69) is 55.6 Å². The molecule has 26 heavy (non-hydrogen) atoms. The minimum absolute atomic E-state index is 0.126. The Balaban J connectivity index is 2.81. The highest BCUT2D eigenvalue weighted by Gasteiger charge is 2.17. The molecule has 1 N–H and O–H groups in total. The molecule has 5 heteroatoms. The normalized spacial score (nSPS) is 19.5. The number of hydrogen-bond donors (Lipinski definition) is 1. The Bertz CT molecular complexity index is 568. The predicted octanol–water partition coefficient (Wildman–Crippen LogP) is 4.59. The van der Waals surface area contributed by atoms with Crippen LogP contribution < -0.4 is 5.43 Å². The zero-order valence-corrected chi connectivity index (χ0v) is 17.2. The topological polar surface area (TPSA) is 53.9 Å². The lowest BCUT2D eigenvalue weighted by molar-refractivity contribution is -0.141. The largest absolute Gasteiger partial charge is 0.469 e. The molecule has 1 aliphatic heterocycles. The van der Waals surface area contributed by atoms with Gasteiger partial charge in [-0.05, 0) is 36.7 Å². The second kappa shape index (κ2) is 11.0. The second-order valence-corrected chi connectivity index (χ2v) is 7.95. The Morgan fingerprint density at radius 3 is 2.81 bits per heavy atom. The summed E-state index contributed by atoms with van der Waals surface area (Å²) in [5.74, 6) is -0.0579. The Kier molecular flexibility index (Phi) is 9.35. The van der Waals surface area contributed by atoms with Crippen molar-refractivity contribution < 1.29 is 9.53 Å². The number of nitrogens with one attached hydrogen (secondary N) is 1. The lowest BCUT2D eigenvalue weighted by atomic mass is 9.92. The van der Waals surface area contributed by atoms with Gasteiger partial charge in [-0.3, -0.25) is 4.79 Å². The number of esters is 1. The van der Waals surface area contributed by atoms with Gasteiger partial charge in [0.2, 0.25) is 0 Å². The van der Waals surface area contributed by atoms with Gasteiger partial charge in [0.15, 0.2) is 0 Å². The van der Waals surface area contributed by atoms with Crippen molar-refractivity contribution in [2.24, 2.45) is 16.4 Å². The SMILES string of the molecule is C/C=C\C/C=C1\CC(=CC(C)CC(=O)OC)C=NN1NCCC(C)(C)C. The minimum Gasteiger partial charge on any atom is -0.469 e. The number of hydrogen-bond acceptors (Lipinski definition) is 5. The van der Waals surface area contributed by atoms with Crippen LogP contribution in [0.2, 0.25) is 0 Å². The van der Waals surface area contributed by atoms with Gasteiger partial charge in [-0.15, -0.1) is 0 Å². The van der Waals surface area contributed by atoms with E-state index in [1.807, 2.05) is 25.2 Å². The van der Waals surface area contributed by atoms with Gasteiger partial charge in [0.05, 0.1) is 25.4 Å². The van der Waals surface area contributed by atoms with Crippen molar-refractivity contribution in [3.8, 4) is 0 Å². The Morgan fingerprint density at radius 2 is 2.19 bits per heavy atom. The number of ether oxygens (including phenoxy) is 1. The van der Waals surface area contributed by atoms with Crippen LogP contribution in [0.4, 0.5) is 0 Å². The second-order valence-electron chi connectivity index (χ2n) is 7.95.